The maximum Gasteiger partial charge on any atom is 0.247 e. The number of amides is 1. The normalized spacial score (nSPS) is 15.4. The minimum Gasteiger partial charge on any atom is -0.355 e. The Morgan fingerprint density at radius 3 is 2.68 bits per heavy atom. The highest BCUT2D eigenvalue weighted by molar-refractivity contribution is 6.00. The van der Waals surface area contributed by atoms with Crippen molar-refractivity contribution in [2.75, 3.05) is 20.6 Å². The topological polar surface area (TPSA) is 32.3 Å². The van der Waals surface area contributed by atoms with Crippen LogP contribution in [0.5, 0.6) is 0 Å². The molecule has 0 saturated carbocycles. The van der Waals surface area contributed by atoms with E-state index in [9.17, 15) is 9.18 Å². The highest BCUT2D eigenvalue weighted by Gasteiger charge is 2.16. The molecule has 0 unspecified atom stereocenters. The summed E-state index contributed by atoms with van der Waals surface area (Å²) in [5.41, 5.74) is 5.70. The van der Waals surface area contributed by atoms with Crippen LogP contribution in [0.25, 0.3) is 6.08 Å². The number of nitrogens with zero attached hydrogens (tertiary/aromatic N) is 1. The summed E-state index contributed by atoms with van der Waals surface area (Å²) in [7, 11) is 3.75. The molecule has 2 aliphatic rings. The van der Waals surface area contributed by atoms with Crippen molar-refractivity contribution in [1.29, 1.82) is 0 Å². The second kappa shape index (κ2) is 7.62. The molecule has 1 aliphatic carbocycles. The fourth-order valence-corrected chi connectivity index (χ4v) is 3.25. The quantitative estimate of drug-likeness (QED) is 0.866. The summed E-state index contributed by atoms with van der Waals surface area (Å²) < 4.78 is 12.8. The number of halogens is 1. The van der Waals surface area contributed by atoms with E-state index in [1.165, 1.54) is 28.3 Å². The van der Waals surface area contributed by atoms with Gasteiger partial charge in [0.2, 0.25) is 5.91 Å². The van der Waals surface area contributed by atoms with Crippen LogP contribution in [-0.2, 0) is 24.2 Å². The Hall–Kier alpha value is -2.46. The summed E-state index contributed by atoms with van der Waals surface area (Å²) in [6.07, 6.45) is 3.69. The van der Waals surface area contributed by atoms with Crippen molar-refractivity contribution in [1.82, 2.24) is 10.2 Å². The number of benzene rings is 2. The fraction of sp³-hybridized carbons (Fsp3) is 0.286. The van der Waals surface area contributed by atoms with E-state index in [2.05, 4.69) is 23.3 Å². The van der Waals surface area contributed by atoms with Crippen LogP contribution < -0.4 is 5.32 Å². The Morgan fingerprint density at radius 2 is 1.92 bits per heavy atom. The van der Waals surface area contributed by atoms with Gasteiger partial charge in [0, 0.05) is 32.1 Å². The molecule has 0 spiro atoms. The van der Waals surface area contributed by atoms with Crippen molar-refractivity contribution >= 4 is 12.0 Å². The zero-order valence-corrected chi connectivity index (χ0v) is 14.7. The molecule has 0 saturated heterocycles. The first-order chi connectivity index (χ1) is 12.1. The zero-order valence-electron chi connectivity index (χ0n) is 14.7. The lowest BCUT2D eigenvalue weighted by Crippen LogP contribution is -2.26. The van der Waals surface area contributed by atoms with Crippen molar-refractivity contribution in [2.45, 2.75) is 19.4 Å². The van der Waals surface area contributed by atoms with E-state index in [-0.39, 0.29) is 11.7 Å². The number of likely N-dealkylation sites (N-methyl/N-ethyl adjacent to an activating group) is 2. The standard InChI is InChI=1S/C11H11NO.C10H12FN/c1-12-11(13)10-6-8-4-2-3-5-9(8)7-10;1-12-5-4-8-6-10(11)3-2-9(8)7-12/h2-6H,7H2,1H3,(H,12,13);2-3,6H,4-5,7H2,1H3. The van der Waals surface area contributed by atoms with E-state index >= 15 is 0 Å². The summed E-state index contributed by atoms with van der Waals surface area (Å²) in [4.78, 5) is 13.6. The van der Waals surface area contributed by atoms with Gasteiger partial charge in [0.05, 0.1) is 0 Å². The van der Waals surface area contributed by atoms with E-state index in [1.807, 2.05) is 30.3 Å². The van der Waals surface area contributed by atoms with Crippen LogP contribution >= 0.6 is 0 Å². The molecule has 0 bridgehead atoms. The summed E-state index contributed by atoms with van der Waals surface area (Å²) in [6.45, 7) is 1.99. The molecular formula is C21H23FN2O. The molecule has 2 aromatic carbocycles. The van der Waals surface area contributed by atoms with Crippen LogP contribution in [-0.4, -0.2) is 31.4 Å². The van der Waals surface area contributed by atoms with Gasteiger partial charge in [-0.15, -0.1) is 0 Å². The Kier molecular flexibility index (Phi) is 5.29. The van der Waals surface area contributed by atoms with Crippen LogP contribution in [0.15, 0.2) is 48.0 Å². The molecule has 0 fully saturated rings. The third-order valence-electron chi connectivity index (χ3n) is 4.66. The smallest absolute Gasteiger partial charge is 0.247 e. The highest BCUT2D eigenvalue weighted by Crippen LogP contribution is 2.24. The van der Waals surface area contributed by atoms with Gasteiger partial charge in [-0.05, 0) is 53.9 Å². The summed E-state index contributed by atoms with van der Waals surface area (Å²) >= 11 is 0. The minimum absolute atomic E-state index is 0.0243. The first kappa shape index (κ1) is 17.4. The van der Waals surface area contributed by atoms with E-state index in [1.54, 1.807) is 13.1 Å². The number of hydrogen-bond donors (Lipinski definition) is 1. The van der Waals surface area contributed by atoms with Gasteiger partial charge in [0.15, 0.2) is 0 Å². The molecule has 3 nitrogen and oxygen atoms in total. The zero-order chi connectivity index (χ0) is 17.8. The summed E-state index contributed by atoms with van der Waals surface area (Å²) in [6, 6.07) is 13.2. The van der Waals surface area contributed by atoms with Gasteiger partial charge in [-0.1, -0.05) is 30.3 Å². The van der Waals surface area contributed by atoms with Crippen molar-refractivity contribution in [2.24, 2.45) is 0 Å². The predicted molar refractivity (Wildman–Crippen MR) is 98.6 cm³/mol. The fourth-order valence-electron chi connectivity index (χ4n) is 3.25. The number of rotatable bonds is 1. The third-order valence-corrected chi connectivity index (χ3v) is 4.66. The second-order valence-electron chi connectivity index (χ2n) is 6.53. The first-order valence-electron chi connectivity index (χ1n) is 8.53. The first-order valence-corrected chi connectivity index (χ1v) is 8.53. The van der Waals surface area contributed by atoms with E-state index in [0.717, 1.165) is 31.5 Å². The molecule has 0 aromatic heterocycles. The number of fused-ring (bicyclic) bond motifs is 2. The second-order valence-corrected chi connectivity index (χ2v) is 6.53. The van der Waals surface area contributed by atoms with Gasteiger partial charge >= 0.3 is 0 Å². The predicted octanol–water partition coefficient (Wildman–Crippen LogP) is 3.19. The van der Waals surface area contributed by atoms with Crippen molar-refractivity contribution in [3.05, 3.63) is 76.1 Å². The third kappa shape index (κ3) is 4.15. The lowest BCUT2D eigenvalue weighted by atomic mass is 10.0. The Bertz CT molecular complexity index is 813. The van der Waals surface area contributed by atoms with Gasteiger partial charge in [-0.3, -0.25) is 4.79 Å². The SMILES string of the molecule is CN1CCc2cc(F)ccc2C1.CNC(=O)C1=Cc2ccccc2C1. The van der Waals surface area contributed by atoms with E-state index in [4.69, 9.17) is 0 Å². The lowest BCUT2D eigenvalue weighted by Gasteiger charge is -2.24. The highest BCUT2D eigenvalue weighted by atomic mass is 19.1. The number of carbonyl (C=O) groups excluding carboxylic acids is 1. The summed E-state index contributed by atoms with van der Waals surface area (Å²) in [5.74, 6) is -0.0884. The van der Waals surface area contributed by atoms with Crippen molar-refractivity contribution < 1.29 is 9.18 Å². The molecule has 1 N–H and O–H groups in total. The van der Waals surface area contributed by atoms with Gasteiger partial charge in [-0.25, -0.2) is 4.39 Å². The van der Waals surface area contributed by atoms with Gasteiger partial charge < -0.3 is 10.2 Å². The molecule has 1 amide bonds. The van der Waals surface area contributed by atoms with E-state index in [0.29, 0.717) is 0 Å². The molecular weight excluding hydrogens is 315 g/mol. The lowest BCUT2D eigenvalue weighted by molar-refractivity contribution is -0.117. The molecule has 130 valence electrons. The molecule has 2 aromatic rings. The molecule has 0 atom stereocenters. The molecule has 4 heteroatoms. The number of carbonyl (C=O) groups is 1. The van der Waals surface area contributed by atoms with Gasteiger partial charge in [0.25, 0.3) is 0 Å². The maximum atomic E-state index is 12.8. The molecule has 4 rings (SSSR count). The average Bonchev–Trinajstić information content (AvgIpc) is 3.06. The Morgan fingerprint density at radius 1 is 1.12 bits per heavy atom. The molecule has 25 heavy (non-hydrogen) atoms. The van der Waals surface area contributed by atoms with Gasteiger partial charge in [0.1, 0.15) is 5.82 Å². The van der Waals surface area contributed by atoms with Gasteiger partial charge in [-0.2, -0.15) is 0 Å². The van der Waals surface area contributed by atoms with Crippen LogP contribution in [0, 0.1) is 5.82 Å². The number of nitrogens with one attached hydrogen (secondary N) is 1. The Labute approximate surface area is 148 Å². The monoisotopic (exact) mass is 338 g/mol. The molecule has 1 aliphatic heterocycles. The van der Waals surface area contributed by atoms with Crippen molar-refractivity contribution in [3.8, 4) is 0 Å². The summed E-state index contributed by atoms with van der Waals surface area (Å²) in [5, 5.41) is 2.63. The molecule has 0 radical (unpaired) electrons. The van der Waals surface area contributed by atoms with Crippen molar-refractivity contribution in [3.63, 3.8) is 0 Å². The van der Waals surface area contributed by atoms with Crippen LogP contribution in [0.4, 0.5) is 4.39 Å². The Balaban J connectivity index is 0.000000146. The molecule has 1 heterocycles. The minimum atomic E-state index is -0.113. The van der Waals surface area contributed by atoms with Crippen LogP contribution in [0.3, 0.4) is 0 Å². The van der Waals surface area contributed by atoms with E-state index < -0.39 is 0 Å². The average molecular weight is 338 g/mol. The van der Waals surface area contributed by atoms with Crippen LogP contribution in [0.1, 0.15) is 22.3 Å². The largest absolute Gasteiger partial charge is 0.355 e. The number of hydrogen-bond acceptors (Lipinski definition) is 2. The van der Waals surface area contributed by atoms with Crippen LogP contribution in [0.2, 0.25) is 0 Å². The maximum absolute atomic E-state index is 12.8.